The standard InChI is InChI=1S/C15H23N5O2/c1-18-11-16-10-13(18)14(21)17-12-4-8-20(9-5-12)15(22)19-6-2-3-7-19/h10-12H,2-9H2,1H3,(H,17,21). The highest BCUT2D eigenvalue weighted by Gasteiger charge is 2.28. The van der Waals surface area contributed by atoms with Gasteiger partial charge < -0.3 is 19.7 Å². The minimum atomic E-state index is -0.0932. The van der Waals surface area contributed by atoms with Crippen LogP contribution in [0.25, 0.3) is 0 Å². The Kier molecular flexibility index (Phi) is 4.31. The van der Waals surface area contributed by atoms with E-state index < -0.39 is 0 Å². The molecule has 1 aromatic heterocycles. The van der Waals surface area contributed by atoms with Crippen molar-refractivity contribution in [2.24, 2.45) is 7.05 Å². The molecule has 2 saturated heterocycles. The molecule has 3 amide bonds. The second-order valence-electron chi connectivity index (χ2n) is 6.10. The number of carbonyl (C=O) groups excluding carboxylic acids is 2. The van der Waals surface area contributed by atoms with Gasteiger partial charge in [-0.2, -0.15) is 0 Å². The summed E-state index contributed by atoms with van der Waals surface area (Å²) in [4.78, 5) is 32.3. The summed E-state index contributed by atoms with van der Waals surface area (Å²) in [6.45, 7) is 3.20. The summed E-state index contributed by atoms with van der Waals surface area (Å²) in [7, 11) is 1.80. The summed E-state index contributed by atoms with van der Waals surface area (Å²) < 4.78 is 1.71. The second-order valence-corrected chi connectivity index (χ2v) is 6.10. The number of piperidine rings is 1. The number of nitrogens with one attached hydrogen (secondary N) is 1. The molecule has 0 spiro atoms. The summed E-state index contributed by atoms with van der Waals surface area (Å²) in [5, 5.41) is 3.04. The molecule has 1 aromatic rings. The lowest BCUT2D eigenvalue weighted by Crippen LogP contribution is -2.50. The molecule has 3 heterocycles. The van der Waals surface area contributed by atoms with E-state index in [1.54, 1.807) is 24.1 Å². The molecule has 0 radical (unpaired) electrons. The Morgan fingerprint density at radius 3 is 2.36 bits per heavy atom. The summed E-state index contributed by atoms with van der Waals surface area (Å²) in [5.74, 6) is -0.0932. The van der Waals surface area contributed by atoms with Gasteiger partial charge in [0.15, 0.2) is 0 Å². The van der Waals surface area contributed by atoms with Crippen molar-refractivity contribution in [2.45, 2.75) is 31.7 Å². The number of aromatic nitrogens is 2. The van der Waals surface area contributed by atoms with E-state index in [9.17, 15) is 9.59 Å². The zero-order chi connectivity index (χ0) is 15.5. The number of likely N-dealkylation sites (tertiary alicyclic amines) is 2. The molecule has 0 unspecified atom stereocenters. The molecule has 2 fully saturated rings. The van der Waals surface area contributed by atoms with Crippen molar-refractivity contribution >= 4 is 11.9 Å². The van der Waals surface area contributed by atoms with E-state index in [-0.39, 0.29) is 18.0 Å². The molecule has 7 heteroatoms. The summed E-state index contributed by atoms with van der Waals surface area (Å²) in [6.07, 6.45) is 7.03. The van der Waals surface area contributed by atoms with E-state index in [0.717, 1.165) is 38.8 Å². The maximum Gasteiger partial charge on any atom is 0.319 e. The number of urea groups is 1. The van der Waals surface area contributed by atoms with Gasteiger partial charge in [0.25, 0.3) is 5.91 Å². The number of hydrogen-bond donors (Lipinski definition) is 1. The molecular formula is C15H23N5O2. The van der Waals surface area contributed by atoms with Gasteiger partial charge in [0.1, 0.15) is 5.69 Å². The largest absolute Gasteiger partial charge is 0.348 e. The van der Waals surface area contributed by atoms with Crippen LogP contribution in [0.2, 0.25) is 0 Å². The lowest BCUT2D eigenvalue weighted by molar-refractivity contribution is 0.0904. The highest BCUT2D eigenvalue weighted by Crippen LogP contribution is 2.16. The maximum absolute atomic E-state index is 12.3. The van der Waals surface area contributed by atoms with Crippen LogP contribution in [0, 0.1) is 0 Å². The highest BCUT2D eigenvalue weighted by molar-refractivity contribution is 5.92. The van der Waals surface area contributed by atoms with Gasteiger partial charge in [0.05, 0.1) is 12.5 Å². The SMILES string of the molecule is Cn1cncc1C(=O)NC1CCN(C(=O)N2CCCC2)CC1. The third kappa shape index (κ3) is 3.08. The quantitative estimate of drug-likeness (QED) is 0.880. The molecule has 2 aliphatic heterocycles. The van der Waals surface area contributed by atoms with Crippen LogP contribution in [-0.4, -0.2) is 63.5 Å². The molecular weight excluding hydrogens is 282 g/mol. The van der Waals surface area contributed by atoms with E-state index in [1.165, 1.54) is 0 Å². The normalized spacial score (nSPS) is 19.5. The van der Waals surface area contributed by atoms with Crippen LogP contribution in [-0.2, 0) is 7.05 Å². The van der Waals surface area contributed by atoms with Gasteiger partial charge >= 0.3 is 6.03 Å². The van der Waals surface area contributed by atoms with Gasteiger partial charge in [-0.05, 0) is 25.7 Å². The van der Waals surface area contributed by atoms with Crippen molar-refractivity contribution in [3.8, 4) is 0 Å². The Morgan fingerprint density at radius 2 is 1.77 bits per heavy atom. The summed E-state index contributed by atoms with van der Waals surface area (Å²) in [6, 6.07) is 0.291. The number of imidazole rings is 1. The lowest BCUT2D eigenvalue weighted by atomic mass is 10.1. The molecule has 0 saturated carbocycles. The van der Waals surface area contributed by atoms with Crippen molar-refractivity contribution in [2.75, 3.05) is 26.2 Å². The summed E-state index contributed by atoms with van der Waals surface area (Å²) >= 11 is 0. The molecule has 7 nitrogen and oxygen atoms in total. The molecule has 0 bridgehead atoms. The van der Waals surface area contributed by atoms with Crippen molar-refractivity contribution < 1.29 is 9.59 Å². The monoisotopic (exact) mass is 305 g/mol. The molecule has 3 rings (SSSR count). The first-order valence-electron chi connectivity index (χ1n) is 7.96. The average Bonchev–Trinajstić information content (AvgIpc) is 3.18. The molecule has 2 aliphatic rings. The van der Waals surface area contributed by atoms with Gasteiger partial charge in [-0.3, -0.25) is 4.79 Å². The number of aryl methyl sites for hydroxylation is 1. The van der Waals surface area contributed by atoms with Crippen LogP contribution in [0.1, 0.15) is 36.2 Å². The first-order chi connectivity index (χ1) is 10.6. The number of carbonyl (C=O) groups is 2. The Balaban J connectivity index is 1.48. The highest BCUT2D eigenvalue weighted by atomic mass is 16.2. The van der Waals surface area contributed by atoms with Gasteiger partial charge in [-0.15, -0.1) is 0 Å². The van der Waals surface area contributed by atoms with Crippen molar-refractivity contribution in [3.63, 3.8) is 0 Å². The Hall–Kier alpha value is -2.05. The molecule has 0 aromatic carbocycles. The van der Waals surface area contributed by atoms with Crippen LogP contribution >= 0.6 is 0 Å². The topological polar surface area (TPSA) is 70.5 Å². The lowest BCUT2D eigenvalue weighted by Gasteiger charge is -2.34. The zero-order valence-electron chi connectivity index (χ0n) is 13.0. The van der Waals surface area contributed by atoms with E-state index in [1.807, 2.05) is 9.80 Å². The second kappa shape index (κ2) is 6.37. The first-order valence-corrected chi connectivity index (χ1v) is 7.96. The molecule has 1 N–H and O–H groups in total. The fraction of sp³-hybridized carbons (Fsp3) is 0.667. The van der Waals surface area contributed by atoms with Crippen molar-refractivity contribution in [1.82, 2.24) is 24.7 Å². The molecule has 0 atom stereocenters. The van der Waals surface area contributed by atoms with E-state index >= 15 is 0 Å². The van der Waals surface area contributed by atoms with Crippen molar-refractivity contribution in [3.05, 3.63) is 18.2 Å². The van der Waals surface area contributed by atoms with Crippen LogP contribution in [0.15, 0.2) is 12.5 Å². The number of amides is 3. The third-order valence-corrected chi connectivity index (χ3v) is 4.53. The molecule has 120 valence electrons. The minimum absolute atomic E-state index is 0.0932. The fourth-order valence-corrected chi connectivity index (χ4v) is 3.16. The predicted octanol–water partition coefficient (Wildman–Crippen LogP) is 0.830. The maximum atomic E-state index is 12.3. The Morgan fingerprint density at radius 1 is 1.14 bits per heavy atom. The number of rotatable bonds is 2. The van der Waals surface area contributed by atoms with Gasteiger partial charge in [0.2, 0.25) is 0 Å². The van der Waals surface area contributed by atoms with Crippen LogP contribution < -0.4 is 5.32 Å². The average molecular weight is 305 g/mol. The molecule has 0 aliphatic carbocycles. The molecule has 22 heavy (non-hydrogen) atoms. The predicted molar refractivity (Wildman–Crippen MR) is 81.5 cm³/mol. The van der Waals surface area contributed by atoms with E-state index in [2.05, 4.69) is 10.3 Å². The van der Waals surface area contributed by atoms with E-state index in [0.29, 0.717) is 18.8 Å². The smallest absolute Gasteiger partial charge is 0.319 e. The Bertz CT molecular complexity index is 542. The number of nitrogens with zero attached hydrogens (tertiary/aromatic N) is 4. The van der Waals surface area contributed by atoms with Crippen LogP contribution in [0.3, 0.4) is 0 Å². The van der Waals surface area contributed by atoms with Crippen LogP contribution in [0.5, 0.6) is 0 Å². The van der Waals surface area contributed by atoms with E-state index in [4.69, 9.17) is 0 Å². The number of hydrogen-bond acceptors (Lipinski definition) is 3. The van der Waals surface area contributed by atoms with Crippen LogP contribution in [0.4, 0.5) is 4.79 Å². The van der Waals surface area contributed by atoms with Gasteiger partial charge in [-0.1, -0.05) is 0 Å². The fourth-order valence-electron chi connectivity index (χ4n) is 3.16. The summed E-state index contributed by atoms with van der Waals surface area (Å²) in [5.41, 5.74) is 0.565. The first kappa shape index (κ1) is 14.9. The third-order valence-electron chi connectivity index (χ3n) is 4.53. The minimum Gasteiger partial charge on any atom is -0.348 e. The van der Waals surface area contributed by atoms with Crippen molar-refractivity contribution in [1.29, 1.82) is 0 Å². The van der Waals surface area contributed by atoms with Gasteiger partial charge in [0, 0.05) is 39.3 Å². The Labute approximate surface area is 130 Å². The zero-order valence-corrected chi connectivity index (χ0v) is 13.0. The van der Waals surface area contributed by atoms with Gasteiger partial charge in [-0.25, -0.2) is 9.78 Å².